The number of benzene rings is 1. The zero-order chi connectivity index (χ0) is 14.8. The van der Waals surface area contributed by atoms with Crippen LogP contribution in [0.2, 0.25) is 0 Å². The minimum atomic E-state index is -4.55. The van der Waals surface area contributed by atoms with Crippen LogP contribution in [-0.2, 0) is 12.7 Å². The molecule has 1 N–H and O–H groups in total. The van der Waals surface area contributed by atoms with Gasteiger partial charge in [-0.05, 0) is 42.8 Å². The molecular weight excluding hydrogens is 274 g/mol. The molecule has 0 unspecified atom stereocenters. The van der Waals surface area contributed by atoms with E-state index >= 15 is 0 Å². The predicted octanol–water partition coefficient (Wildman–Crippen LogP) is 4.29. The van der Waals surface area contributed by atoms with Crippen molar-refractivity contribution in [2.24, 2.45) is 0 Å². The summed E-state index contributed by atoms with van der Waals surface area (Å²) in [5.41, 5.74) is -0.754. The summed E-state index contributed by atoms with van der Waals surface area (Å²) in [6, 6.07) is 5.80. The third kappa shape index (κ3) is 3.60. The SMILES string of the molecule is C[C@@H](NCc1cc(F)cc(C(F)(F)F)c1)c1ccco1. The second-order valence-electron chi connectivity index (χ2n) is 4.46. The minimum Gasteiger partial charge on any atom is -0.468 e. The maximum Gasteiger partial charge on any atom is 0.416 e. The molecule has 0 saturated heterocycles. The molecule has 2 rings (SSSR count). The van der Waals surface area contributed by atoms with Crippen molar-refractivity contribution in [1.82, 2.24) is 5.32 Å². The number of hydrogen-bond acceptors (Lipinski definition) is 2. The predicted molar refractivity (Wildman–Crippen MR) is 65.4 cm³/mol. The molecular formula is C14H13F4NO. The van der Waals surface area contributed by atoms with E-state index in [2.05, 4.69) is 5.32 Å². The fourth-order valence-electron chi connectivity index (χ4n) is 1.83. The van der Waals surface area contributed by atoms with Gasteiger partial charge in [-0.3, -0.25) is 0 Å². The number of nitrogens with one attached hydrogen (secondary N) is 1. The minimum absolute atomic E-state index is 0.114. The van der Waals surface area contributed by atoms with E-state index in [1.54, 1.807) is 12.1 Å². The first-order valence-electron chi connectivity index (χ1n) is 5.99. The van der Waals surface area contributed by atoms with Crippen LogP contribution in [0.25, 0.3) is 0 Å². The van der Waals surface area contributed by atoms with E-state index in [-0.39, 0.29) is 18.2 Å². The average molecular weight is 287 g/mol. The van der Waals surface area contributed by atoms with Crippen LogP contribution in [0.15, 0.2) is 41.0 Å². The van der Waals surface area contributed by atoms with Gasteiger partial charge in [0.25, 0.3) is 0 Å². The molecule has 108 valence electrons. The van der Waals surface area contributed by atoms with E-state index in [4.69, 9.17) is 4.42 Å². The van der Waals surface area contributed by atoms with Crippen LogP contribution in [-0.4, -0.2) is 0 Å². The molecule has 0 aliphatic carbocycles. The van der Waals surface area contributed by atoms with Crippen LogP contribution in [0, 0.1) is 5.82 Å². The zero-order valence-electron chi connectivity index (χ0n) is 10.7. The molecule has 1 heterocycles. The van der Waals surface area contributed by atoms with Gasteiger partial charge in [0.15, 0.2) is 0 Å². The zero-order valence-corrected chi connectivity index (χ0v) is 10.7. The summed E-state index contributed by atoms with van der Waals surface area (Å²) in [6.45, 7) is 1.92. The summed E-state index contributed by atoms with van der Waals surface area (Å²) >= 11 is 0. The smallest absolute Gasteiger partial charge is 0.416 e. The Balaban J connectivity index is 2.08. The van der Waals surface area contributed by atoms with Crippen LogP contribution in [0.4, 0.5) is 17.6 Å². The third-order valence-electron chi connectivity index (χ3n) is 2.87. The molecule has 1 aromatic carbocycles. The second kappa shape index (κ2) is 5.66. The summed E-state index contributed by atoms with van der Waals surface area (Å²) in [5.74, 6) is -0.236. The molecule has 0 aliphatic heterocycles. The lowest BCUT2D eigenvalue weighted by molar-refractivity contribution is -0.137. The van der Waals surface area contributed by atoms with Crippen molar-refractivity contribution in [3.8, 4) is 0 Å². The van der Waals surface area contributed by atoms with Crippen LogP contribution >= 0.6 is 0 Å². The van der Waals surface area contributed by atoms with Crippen molar-refractivity contribution in [3.63, 3.8) is 0 Å². The molecule has 2 nitrogen and oxygen atoms in total. The Morgan fingerprint density at radius 1 is 1.25 bits per heavy atom. The van der Waals surface area contributed by atoms with Crippen LogP contribution in [0.3, 0.4) is 0 Å². The van der Waals surface area contributed by atoms with E-state index in [9.17, 15) is 17.6 Å². The van der Waals surface area contributed by atoms with Gasteiger partial charge in [-0.1, -0.05) is 0 Å². The maximum atomic E-state index is 13.2. The molecule has 6 heteroatoms. The standard InChI is InChI=1S/C14H13F4NO/c1-9(13-3-2-4-20-13)19-8-10-5-11(14(16,17)18)7-12(15)6-10/h2-7,9,19H,8H2,1H3/t9-/m1/s1. The van der Waals surface area contributed by atoms with Gasteiger partial charge < -0.3 is 9.73 Å². The Morgan fingerprint density at radius 3 is 2.60 bits per heavy atom. The third-order valence-corrected chi connectivity index (χ3v) is 2.87. The summed E-state index contributed by atoms with van der Waals surface area (Å²) in [5, 5.41) is 2.98. The number of rotatable bonds is 4. The summed E-state index contributed by atoms with van der Waals surface area (Å²) in [4.78, 5) is 0. The first-order valence-corrected chi connectivity index (χ1v) is 5.99. The summed E-state index contributed by atoms with van der Waals surface area (Å²) < 4.78 is 56.1. The van der Waals surface area contributed by atoms with Crippen molar-refractivity contribution in [2.75, 3.05) is 0 Å². The van der Waals surface area contributed by atoms with Crippen LogP contribution in [0.1, 0.15) is 29.9 Å². The van der Waals surface area contributed by atoms with E-state index in [0.717, 1.165) is 12.1 Å². The van der Waals surface area contributed by atoms with Crippen molar-refractivity contribution in [1.29, 1.82) is 0 Å². The highest BCUT2D eigenvalue weighted by molar-refractivity contribution is 5.27. The normalized spacial score (nSPS) is 13.4. The molecule has 0 spiro atoms. The topological polar surface area (TPSA) is 25.2 Å². The lowest BCUT2D eigenvalue weighted by atomic mass is 10.1. The quantitative estimate of drug-likeness (QED) is 0.849. The Hall–Kier alpha value is -1.82. The second-order valence-corrected chi connectivity index (χ2v) is 4.46. The number of halogens is 4. The molecule has 0 fully saturated rings. The van der Waals surface area contributed by atoms with E-state index in [0.29, 0.717) is 11.8 Å². The molecule has 0 bridgehead atoms. The first-order chi connectivity index (χ1) is 9.36. The van der Waals surface area contributed by atoms with Crippen molar-refractivity contribution >= 4 is 0 Å². The fourth-order valence-corrected chi connectivity index (χ4v) is 1.83. The van der Waals surface area contributed by atoms with Gasteiger partial charge in [0.1, 0.15) is 11.6 Å². The molecule has 1 aromatic heterocycles. The van der Waals surface area contributed by atoms with Gasteiger partial charge in [-0.2, -0.15) is 13.2 Å². The molecule has 0 saturated carbocycles. The monoisotopic (exact) mass is 287 g/mol. The van der Waals surface area contributed by atoms with E-state index < -0.39 is 17.6 Å². The Morgan fingerprint density at radius 2 is 2.00 bits per heavy atom. The molecule has 2 aromatic rings. The Labute approximate surface area is 113 Å². The van der Waals surface area contributed by atoms with E-state index in [1.807, 2.05) is 6.92 Å². The molecule has 0 amide bonds. The van der Waals surface area contributed by atoms with Crippen LogP contribution in [0.5, 0.6) is 0 Å². The largest absolute Gasteiger partial charge is 0.468 e. The highest BCUT2D eigenvalue weighted by atomic mass is 19.4. The number of hydrogen-bond donors (Lipinski definition) is 1. The number of alkyl halides is 3. The number of furan rings is 1. The maximum absolute atomic E-state index is 13.2. The highest BCUT2D eigenvalue weighted by Crippen LogP contribution is 2.30. The first kappa shape index (κ1) is 14.6. The Bertz CT molecular complexity index is 563. The van der Waals surface area contributed by atoms with Crippen molar-refractivity contribution in [2.45, 2.75) is 25.7 Å². The van der Waals surface area contributed by atoms with Gasteiger partial charge in [0.05, 0.1) is 17.9 Å². The van der Waals surface area contributed by atoms with Gasteiger partial charge in [0.2, 0.25) is 0 Å². The van der Waals surface area contributed by atoms with Crippen molar-refractivity contribution in [3.05, 3.63) is 59.3 Å². The lowest BCUT2D eigenvalue weighted by Crippen LogP contribution is -2.18. The van der Waals surface area contributed by atoms with Gasteiger partial charge in [0, 0.05) is 6.54 Å². The lowest BCUT2D eigenvalue weighted by Gasteiger charge is -2.13. The van der Waals surface area contributed by atoms with Gasteiger partial charge >= 0.3 is 6.18 Å². The molecule has 0 aliphatic rings. The fraction of sp³-hybridized carbons (Fsp3) is 0.286. The summed E-state index contributed by atoms with van der Waals surface area (Å²) in [7, 11) is 0. The average Bonchev–Trinajstić information content (AvgIpc) is 2.88. The highest BCUT2D eigenvalue weighted by Gasteiger charge is 2.31. The van der Waals surface area contributed by atoms with Gasteiger partial charge in [-0.25, -0.2) is 4.39 Å². The molecule has 20 heavy (non-hydrogen) atoms. The van der Waals surface area contributed by atoms with Crippen LogP contribution < -0.4 is 5.32 Å². The molecule has 0 radical (unpaired) electrons. The summed E-state index contributed by atoms with van der Waals surface area (Å²) in [6.07, 6.45) is -3.04. The van der Waals surface area contributed by atoms with E-state index in [1.165, 1.54) is 6.26 Å². The molecule has 1 atom stereocenters. The Kier molecular flexibility index (Phi) is 4.13. The van der Waals surface area contributed by atoms with Crippen molar-refractivity contribution < 1.29 is 22.0 Å². The van der Waals surface area contributed by atoms with Gasteiger partial charge in [-0.15, -0.1) is 0 Å².